The Labute approximate surface area is 143 Å². The van der Waals surface area contributed by atoms with E-state index in [-0.39, 0.29) is 5.41 Å². The Morgan fingerprint density at radius 2 is 1.17 bits per heavy atom. The molecule has 0 radical (unpaired) electrons. The highest BCUT2D eigenvalue weighted by Crippen LogP contribution is 2.42. The molecule has 4 rings (SSSR count). The fourth-order valence-corrected chi connectivity index (χ4v) is 3.76. The Hall–Kier alpha value is -2.80. The van der Waals surface area contributed by atoms with Crippen LogP contribution >= 0.6 is 0 Å². The number of aryl methyl sites for hydroxylation is 1. The Bertz CT molecular complexity index is 925. The van der Waals surface area contributed by atoms with E-state index in [0.717, 1.165) is 0 Å². The van der Waals surface area contributed by atoms with Gasteiger partial charge < -0.3 is 4.57 Å². The molecule has 0 saturated heterocycles. The molecule has 0 fully saturated rings. The first kappa shape index (κ1) is 14.8. The highest BCUT2D eigenvalue weighted by molar-refractivity contribution is 5.86. The molecule has 1 heteroatoms. The normalized spacial score (nSPS) is 11.8. The fourth-order valence-electron chi connectivity index (χ4n) is 3.76. The second-order valence-corrected chi connectivity index (χ2v) is 6.53. The van der Waals surface area contributed by atoms with E-state index in [2.05, 4.69) is 110 Å². The van der Waals surface area contributed by atoms with Crippen LogP contribution in [0.25, 0.3) is 10.9 Å². The van der Waals surface area contributed by atoms with E-state index in [1.165, 1.54) is 27.6 Å². The quantitative estimate of drug-likeness (QED) is 0.468. The van der Waals surface area contributed by atoms with Crippen LogP contribution in [0.5, 0.6) is 0 Å². The standard InChI is InChI=1S/C23H21N/c1-23(18-11-5-3-6-12-18,19-13-7-4-8-14-19)21-17-24(2)22-16-10-9-15-20(21)22/h3-17H,1-2H3. The van der Waals surface area contributed by atoms with E-state index in [1.54, 1.807) is 0 Å². The lowest BCUT2D eigenvalue weighted by atomic mass is 9.71. The van der Waals surface area contributed by atoms with E-state index in [0.29, 0.717) is 0 Å². The second kappa shape index (κ2) is 5.68. The number of aromatic nitrogens is 1. The van der Waals surface area contributed by atoms with Crippen molar-refractivity contribution in [2.24, 2.45) is 7.05 Å². The number of hydrogen-bond acceptors (Lipinski definition) is 0. The van der Waals surface area contributed by atoms with Crippen molar-refractivity contribution in [2.75, 3.05) is 0 Å². The van der Waals surface area contributed by atoms with E-state index in [4.69, 9.17) is 0 Å². The third-order valence-corrected chi connectivity index (χ3v) is 5.14. The van der Waals surface area contributed by atoms with Gasteiger partial charge in [-0.15, -0.1) is 0 Å². The van der Waals surface area contributed by atoms with Gasteiger partial charge in [0.05, 0.1) is 0 Å². The van der Waals surface area contributed by atoms with Gasteiger partial charge in [0.1, 0.15) is 0 Å². The van der Waals surface area contributed by atoms with Crippen molar-refractivity contribution in [1.29, 1.82) is 0 Å². The summed E-state index contributed by atoms with van der Waals surface area (Å²) in [6.45, 7) is 2.33. The first-order chi connectivity index (χ1) is 11.7. The van der Waals surface area contributed by atoms with Crippen LogP contribution in [-0.2, 0) is 12.5 Å². The third-order valence-electron chi connectivity index (χ3n) is 5.14. The largest absolute Gasteiger partial charge is 0.350 e. The summed E-state index contributed by atoms with van der Waals surface area (Å²) >= 11 is 0. The van der Waals surface area contributed by atoms with Gasteiger partial charge in [-0.05, 0) is 29.7 Å². The van der Waals surface area contributed by atoms with Crippen LogP contribution in [0.3, 0.4) is 0 Å². The molecule has 0 atom stereocenters. The Kier molecular flexibility index (Phi) is 3.50. The smallest absolute Gasteiger partial charge is 0.0480 e. The highest BCUT2D eigenvalue weighted by Gasteiger charge is 2.33. The fraction of sp³-hybridized carbons (Fsp3) is 0.130. The average Bonchev–Trinajstić information content (AvgIpc) is 3.00. The van der Waals surface area contributed by atoms with Crippen molar-refractivity contribution < 1.29 is 0 Å². The van der Waals surface area contributed by atoms with Crippen LogP contribution in [0.1, 0.15) is 23.6 Å². The monoisotopic (exact) mass is 311 g/mol. The minimum atomic E-state index is -0.191. The SMILES string of the molecule is Cn1cc(C(C)(c2ccccc2)c2ccccc2)c2ccccc21. The molecule has 0 amide bonds. The number of fused-ring (bicyclic) bond motifs is 1. The summed E-state index contributed by atoms with van der Waals surface area (Å²) in [5.41, 5.74) is 5.05. The van der Waals surface area contributed by atoms with E-state index >= 15 is 0 Å². The molecule has 0 bridgehead atoms. The maximum Gasteiger partial charge on any atom is 0.0480 e. The van der Waals surface area contributed by atoms with E-state index in [9.17, 15) is 0 Å². The van der Waals surface area contributed by atoms with Crippen LogP contribution in [0.4, 0.5) is 0 Å². The Balaban J connectivity index is 2.07. The number of para-hydroxylation sites is 1. The first-order valence-corrected chi connectivity index (χ1v) is 8.37. The molecule has 1 aromatic heterocycles. The molecule has 0 spiro atoms. The molecule has 0 unspecified atom stereocenters. The van der Waals surface area contributed by atoms with Gasteiger partial charge >= 0.3 is 0 Å². The molecule has 3 aromatic carbocycles. The van der Waals surface area contributed by atoms with E-state index in [1.807, 2.05) is 0 Å². The zero-order valence-corrected chi connectivity index (χ0v) is 14.1. The summed E-state index contributed by atoms with van der Waals surface area (Å²) < 4.78 is 2.23. The number of benzene rings is 3. The number of rotatable bonds is 3. The minimum absolute atomic E-state index is 0.191. The molecule has 0 aliphatic carbocycles. The maximum absolute atomic E-state index is 2.33. The number of hydrogen-bond donors (Lipinski definition) is 0. The van der Waals surface area contributed by atoms with Gasteiger partial charge in [-0.25, -0.2) is 0 Å². The third kappa shape index (κ3) is 2.16. The first-order valence-electron chi connectivity index (χ1n) is 8.37. The molecule has 0 aliphatic rings. The molecule has 118 valence electrons. The molecule has 0 saturated carbocycles. The van der Waals surface area contributed by atoms with Gasteiger partial charge in [-0.3, -0.25) is 0 Å². The lowest BCUT2D eigenvalue weighted by Gasteiger charge is -2.31. The van der Waals surface area contributed by atoms with Crippen molar-refractivity contribution in [3.63, 3.8) is 0 Å². The molecular formula is C23H21N. The van der Waals surface area contributed by atoms with Gasteiger partial charge in [0, 0.05) is 29.6 Å². The lowest BCUT2D eigenvalue weighted by molar-refractivity contribution is 0.694. The molecule has 0 aliphatic heterocycles. The maximum atomic E-state index is 2.33. The van der Waals surface area contributed by atoms with Crippen molar-refractivity contribution in [3.8, 4) is 0 Å². The lowest BCUT2D eigenvalue weighted by Crippen LogP contribution is -2.25. The topological polar surface area (TPSA) is 4.93 Å². The molecule has 4 aromatic rings. The summed E-state index contributed by atoms with van der Waals surface area (Å²) in [7, 11) is 2.13. The average molecular weight is 311 g/mol. The van der Waals surface area contributed by atoms with Crippen LogP contribution in [0.15, 0.2) is 91.1 Å². The zero-order valence-electron chi connectivity index (χ0n) is 14.1. The van der Waals surface area contributed by atoms with Crippen LogP contribution in [0, 0.1) is 0 Å². The predicted octanol–water partition coefficient (Wildman–Crippen LogP) is 5.53. The molecular weight excluding hydrogens is 290 g/mol. The summed E-state index contributed by atoms with van der Waals surface area (Å²) in [5.74, 6) is 0. The summed E-state index contributed by atoms with van der Waals surface area (Å²) in [6, 6.07) is 30.2. The summed E-state index contributed by atoms with van der Waals surface area (Å²) in [4.78, 5) is 0. The van der Waals surface area contributed by atoms with Crippen molar-refractivity contribution in [2.45, 2.75) is 12.3 Å². The van der Waals surface area contributed by atoms with Crippen molar-refractivity contribution in [3.05, 3.63) is 108 Å². The molecule has 1 nitrogen and oxygen atoms in total. The zero-order chi connectivity index (χ0) is 16.6. The molecule has 24 heavy (non-hydrogen) atoms. The van der Waals surface area contributed by atoms with E-state index < -0.39 is 0 Å². The minimum Gasteiger partial charge on any atom is -0.350 e. The highest BCUT2D eigenvalue weighted by atomic mass is 14.9. The van der Waals surface area contributed by atoms with Crippen LogP contribution in [-0.4, -0.2) is 4.57 Å². The van der Waals surface area contributed by atoms with Crippen molar-refractivity contribution >= 4 is 10.9 Å². The van der Waals surface area contributed by atoms with Gasteiger partial charge in [-0.2, -0.15) is 0 Å². The Morgan fingerprint density at radius 1 is 0.667 bits per heavy atom. The van der Waals surface area contributed by atoms with Crippen LogP contribution < -0.4 is 0 Å². The molecule has 1 heterocycles. The summed E-state index contributed by atoms with van der Waals surface area (Å²) in [5, 5.41) is 1.32. The van der Waals surface area contributed by atoms with Gasteiger partial charge in [0.15, 0.2) is 0 Å². The predicted molar refractivity (Wildman–Crippen MR) is 101 cm³/mol. The van der Waals surface area contributed by atoms with Gasteiger partial charge in [0.25, 0.3) is 0 Å². The summed E-state index contributed by atoms with van der Waals surface area (Å²) in [6.07, 6.45) is 2.28. The second-order valence-electron chi connectivity index (χ2n) is 6.53. The number of nitrogens with zero attached hydrogens (tertiary/aromatic N) is 1. The van der Waals surface area contributed by atoms with Gasteiger partial charge in [-0.1, -0.05) is 78.9 Å². The van der Waals surface area contributed by atoms with Crippen LogP contribution in [0.2, 0.25) is 0 Å². The Morgan fingerprint density at radius 3 is 1.75 bits per heavy atom. The molecule has 0 N–H and O–H groups in total. The van der Waals surface area contributed by atoms with Crippen molar-refractivity contribution in [1.82, 2.24) is 4.57 Å². The van der Waals surface area contributed by atoms with Gasteiger partial charge in [0.2, 0.25) is 0 Å².